The number of pyridine rings is 1. The molecule has 3 aromatic carbocycles. The van der Waals surface area contributed by atoms with Crippen LogP contribution in [0.25, 0.3) is 44.7 Å². The van der Waals surface area contributed by atoms with Crippen molar-refractivity contribution in [3.63, 3.8) is 0 Å². The van der Waals surface area contributed by atoms with Crippen molar-refractivity contribution in [2.75, 3.05) is 0 Å². The molecule has 0 saturated carbocycles. The van der Waals surface area contributed by atoms with Gasteiger partial charge in [0.15, 0.2) is 0 Å². The topological polar surface area (TPSA) is 38.7 Å². The lowest BCUT2D eigenvalue weighted by Gasteiger charge is -2.15. The maximum Gasteiger partial charge on any atom is 0.0975 e. The van der Waals surface area contributed by atoms with Crippen molar-refractivity contribution in [1.82, 2.24) is 15.0 Å². The van der Waals surface area contributed by atoms with Gasteiger partial charge in [0.05, 0.1) is 22.4 Å². The normalized spacial score (nSPS) is 11.0. The Bertz CT molecular complexity index is 1340. The van der Waals surface area contributed by atoms with E-state index in [1.807, 2.05) is 67.0 Å². The molecule has 0 amide bonds. The SMILES string of the molecule is Cc1cc(-c2nc3ccccc3nc2-c2ccccc2)c(C)cc1-c1ccncc1. The third-order valence-corrected chi connectivity index (χ3v) is 5.44. The van der Waals surface area contributed by atoms with Gasteiger partial charge in [0, 0.05) is 23.5 Å². The fourth-order valence-electron chi connectivity index (χ4n) is 3.90. The second-order valence-electron chi connectivity index (χ2n) is 7.49. The Labute approximate surface area is 176 Å². The van der Waals surface area contributed by atoms with Crippen LogP contribution < -0.4 is 0 Å². The second kappa shape index (κ2) is 7.53. The third kappa shape index (κ3) is 3.25. The van der Waals surface area contributed by atoms with Gasteiger partial charge < -0.3 is 0 Å². The summed E-state index contributed by atoms with van der Waals surface area (Å²) in [4.78, 5) is 14.2. The number of aromatic nitrogens is 3. The Hall–Kier alpha value is -3.85. The van der Waals surface area contributed by atoms with Crippen molar-refractivity contribution < 1.29 is 0 Å². The quantitative estimate of drug-likeness (QED) is 0.348. The molecular formula is C27H21N3. The Morgan fingerprint density at radius 2 is 1.10 bits per heavy atom. The molecule has 2 heterocycles. The minimum Gasteiger partial charge on any atom is -0.265 e. The fourth-order valence-corrected chi connectivity index (χ4v) is 3.90. The van der Waals surface area contributed by atoms with Crippen molar-refractivity contribution in [3.8, 4) is 33.6 Å². The van der Waals surface area contributed by atoms with Gasteiger partial charge in [-0.25, -0.2) is 9.97 Å². The number of fused-ring (bicyclic) bond motifs is 1. The Balaban J connectivity index is 1.76. The number of aryl methyl sites for hydroxylation is 2. The van der Waals surface area contributed by atoms with Crippen LogP contribution in [0, 0.1) is 13.8 Å². The van der Waals surface area contributed by atoms with Gasteiger partial charge in [-0.1, -0.05) is 48.5 Å². The summed E-state index contributed by atoms with van der Waals surface area (Å²) >= 11 is 0. The highest BCUT2D eigenvalue weighted by atomic mass is 14.8. The number of rotatable bonds is 3. The van der Waals surface area contributed by atoms with Gasteiger partial charge in [0.1, 0.15) is 0 Å². The van der Waals surface area contributed by atoms with E-state index in [-0.39, 0.29) is 0 Å². The number of para-hydroxylation sites is 2. The summed E-state index contributed by atoms with van der Waals surface area (Å²) in [6, 6.07) is 26.9. The lowest BCUT2D eigenvalue weighted by molar-refractivity contribution is 1.27. The van der Waals surface area contributed by atoms with Crippen molar-refractivity contribution in [2.24, 2.45) is 0 Å². The van der Waals surface area contributed by atoms with Gasteiger partial charge in [-0.05, 0) is 66.4 Å². The first-order valence-corrected chi connectivity index (χ1v) is 10.0. The fraction of sp³-hybridized carbons (Fsp3) is 0.0741. The predicted molar refractivity (Wildman–Crippen MR) is 123 cm³/mol. The molecule has 3 heteroatoms. The minimum atomic E-state index is 0.905. The Kier molecular flexibility index (Phi) is 4.56. The minimum absolute atomic E-state index is 0.905. The molecule has 144 valence electrons. The summed E-state index contributed by atoms with van der Waals surface area (Å²) in [6.07, 6.45) is 3.67. The average molecular weight is 387 g/mol. The Morgan fingerprint density at radius 1 is 0.533 bits per heavy atom. The third-order valence-electron chi connectivity index (χ3n) is 5.44. The number of hydrogen-bond donors (Lipinski definition) is 0. The highest BCUT2D eigenvalue weighted by Gasteiger charge is 2.16. The van der Waals surface area contributed by atoms with Crippen LogP contribution in [0.2, 0.25) is 0 Å². The summed E-state index contributed by atoms with van der Waals surface area (Å²) in [6.45, 7) is 4.29. The van der Waals surface area contributed by atoms with Gasteiger partial charge in [-0.3, -0.25) is 4.98 Å². The van der Waals surface area contributed by atoms with Crippen molar-refractivity contribution in [2.45, 2.75) is 13.8 Å². The summed E-state index contributed by atoms with van der Waals surface area (Å²) in [5, 5.41) is 0. The van der Waals surface area contributed by atoms with E-state index >= 15 is 0 Å². The molecule has 0 N–H and O–H groups in total. The lowest BCUT2D eigenvalue weighted by Crippen LogP contribution is -1.98. The van der Waals surface area contributed by atoms with E-state index in [1.165, 1.54) is 22.3 Å². The molecule has 0 fully saturated rings. The summed E-state index contributed by atoms with van der Waals surface area (Å²) in [5.74, 6) is 0. The molecule has 5 rings (SSSR count). The predicted octanol–water partition coefficient (Wildman–Crippen LogP) is 6.64. The molecule has 5 aromatic rings. The van der Waals surface area contributed by atoms with Gasteiger partial charge in [0.25, 0.3) is 0 Å². The van der Waals surface area contributed by atoms with Crippen molar-refractivity contribution in [3.05, 3.63) is 102 Å². The summed E-state index contributed by atoms with van der Waals surface area (Å²) in [7, 11) is 0. The van der Waals surface area contributed by atoms with Crippen LogP contribution in [0.4, 0.5) is 0 Å². The smallest absolute Gasteiger partial charge is 0.0975 e. The maximum absolute atomic E-state index is 5.05. The highest BCUT2D eigenvalue weighted by Crippen LogP contribution is 2.36. The zero-order valence-corrected chi connectivity index (χ0v) is 17.0. The monoisotopic (exact) mass is 387 g/mol. The molecule has 0 unspecified atom stereocenters. The van der Waals surface area contributed by atoms with E-state index in [1.54, 1.807) is 0 Å². The van der Waals surface area contributed by atoms with E-state index in [4.69, 9.17) is 9.97 Å². The standard InChI is InChI=1S/C27H21N3/c1-18-17-23(19(2)16-22(18)20-12-14-28-15-13-20)27-26(21-8-4-3-5-9-21)29-24-10-6-7-11-25(24)30-27/h3-17H,1-2H3. The molecule has 30 heavy (non-hydrogen) atoms. The van der Waals surface area contributed by atoms with E-state index in [2.05, 4.69) is 43.1 Å². The van der Waals surface area contributed by atoms with Crippen LogP contribution in [-0.4, -0.2) is 15.0 Å². The van der Waals surface area contributed by atoms with Crippen molar-refractivity contribution >= 4 is 11.0 Å². The van der Waals surface area contributed by atoms with E-state index < -0.39 is 0 Å². The zero-order valence-electron chi connectivity index (χ0n) is 17.0. The van der Waals surface area contributed by atoms with E-state index in [0.29, 0.717) is 0 Å². The summed E-state index contributed by atoms with van der Waals surface area (Å²) < 4.78 is 0. The second-order valence-corrected chi connectivity index (χ2v) is 7.49. The Morgan fingerprint density at radius 3 is 1.80 bits per heavy atom. The van der Waals surface area contributed by atoms with Crippen LogP contribution in [0.1, 0.15) is 11.1 Å². The van der Waals surface area contributed by atoms with Gasteiger partial charge in [-0.15, -0.1) is 0 Å². The summed E-state index contributed by atoms with van der Waals surface area (Å²) in [5.41, 5.74) is 10.6. The van der Waals surface area contributed by atoms with E-state index in [9.17, 15) is 0 Å². The van der Waals surface area contributed by atoms with Crippen molar-refractivity contribution in [1.29, 1.82) is 0 Å². The van der Waals surface area contributed by atoms with Crippen LogP contribution in [0.3, 0.4) is 0 Å². The molecule has 0 aliphatic carbocycles. The first-order chi connectivity index (χ1) is 14.7. The molecule has 0 atom stereocenters. The van der Waals surface area contributed by atoms with Crippen LogP contribution in [0.5, 0.6) is 0 Å². The van der Waals surface area contributed by atoms with E-state index in [0.717, 1.165) is 33.5 Å². The molecular weight excluding hydrogens is 366 g/mol. The molecule has 3 nitrogen and oxygen atoms in total. The molecule has 0 aliphatic heterocycles. The lowest BCUT2D eigenvalue weighted by atomic mass is 9.92. The molecule has 0 spiro atoms. The first kappa shape index (κ1) is 18.2. The van der Waals surface area contributed by atoms with Gasteiger partial charge >= 0.3 is 0 Å². The average Bonchev–Trinajstić information content (AvgIpc) is 2.80. The van der Waals surface area contributed by atoms with Gasteiger partial charge in [0.2, 0.25) is 0 Å². The number of benzene rings is 3. The first-order valence-electron chi connectivity index (χ1n) is 10.0. The highest BCUT2D eigenvalue weighted by molar-refractivity contribution is 5.88. The zero-order chi connectivity index (χ0) is 20.5. The molecule has 0 aliphatic rings. The van der Waals surface area contributed by atoms with Crippen LogP contribution in [0.15, 0.2) is 91.3 Å². The largest absolute Gasteiger partial charge is 0.265 e. The molecule has 0 saturated heterocycles. The molecule has 0 bridgehead atoms. The van der Waals surface area contributed by atoms with Crippen LogP contribution >= 0.6 is 0 Å². The molecule has 0 radical (unpaired) electrons. The van der Waals surface area contributed by atoms with Crippen LogP contribution in [-0.2, 0) is 0 Å². The number of hydrogen-bond acceptors (Lipinski definition) is 3. The molecule has 2 aromatic heterocycles. The maximum atomic E-state index is 5.05. The number of nitrogens with zero attached hydrogens (tertiary/aromatic N) is 3. The van der Waals surface area contributed by atoms with Gasteiger partial charge in [-0.2, -0.15) is 0 Å².